The third kappa shape index (κ3) is 4.89. The number of nitrogens with one attached hydrogen (secondary N) is 2. The van der Waals surface area contributed by atoms with Crippen molar-refractivity contribution in [2.24, 2.45) is 0 Å². The molecule has 2 aromatic rings. The highest BCUT2D eigenvalue weighted by Crippen LogP contribution is 2.20. The summed E-state index contributed by atoms with van der Waals surface area (Å²) in [5, 5.41) is 15.8. The van der Waals surface area contributed by atoms with Crippen LogP contribution in [0.3, 0.4) is 0 Å². The number of anilines is 2. The van der Waals surface area contributed by atoms with Gasteiger partial charge in [0.15, 0.2) is 0 Å². The zero-order valence-electron chi connectivity index (χ0n) is 16.1. The molecule has 1 unspecified atom stereocenters. The van der Waals surface area contributed by atoms with Crippen molar-refractivity contribution in [2.75, 3.05) is 30.3 Å². The van der Waals surface area contributed by atoms with Crippen molar-refractivity contribution in [2.45, 2.75) is 32.3 Å². The summed E-state index contributed by atoms with van der Waals surface area (Å²) in [5.74, 6) is -0.296. The first-order valence-corrected chi connectivity index (χ1v) is 9.76. The molecular weight excluding hydrogens is 354 g/mol. The fourth-order valence-electron chi connectivity index (χ4n) is 3.45. The van der Waals surface area contributed by atoms with Crippen LogP contribution in [0.4, 0.5) is 11.4 Å². The summed E-state index contributed by atoms with van der Waals surface area (Å²) < 4.78 is 0. The molecule has 0 radical (unpaired) electrons. The molecule has 148 valence electrons. The van der Waals surface area contributed by atoms with Gasteiger partial charge in [0.25, 0.3) is 5.91 Å². The molecule has 1 aliphatic rings. The van der Waals surface area contributed by atoms with Gasteiger partial charge in [0.1, 0.15) is 0 Å². The van der Waals surface area contributed by atoms with Crippen LogP contribution in [0.1, 0.15) is 35.7 Å². The van der Waals surface area contributed by atoms with Gasteiger partial charge in [0.05, 0.1) is 18.2 Å². The number of amides is 2. The number of nitrogens with zero attached hydrogens (tertiary/aromatic N) is 1. The number of aliphatic hydroxyl groups is 1. The smallest absolute Gasteiger partial charge is 0.256 e. The molecule has 1 saturated heterocycles. The molecule has 1 heterocycles. The molecule has 28 heavy (non-hydrogen) atoms. The standard InChI is InChI=1S/C22H27N3O3/c1-2-16-8-3-5-11-19(16)24-21(27)14-23-20-12-6-4-10-18(20)22(28)25-13-7-9-17(26)15-25/h3-6,8,10-12,17,23,26H,2,7,9,13-15H2,1H3,(H,24,27). The molecule has 1 aliphatic heterocycles. The van der Waals surface area contributed by atoms with Crippen LogP contribution < -0.4 is 10.6 Å². The molecule has 3 rings (SSSR count). The summed E-state index contributed by atoms with van der Waals surface area (Å²) in [5.41, 5.74) is 3.02. The highest BCUT2D eigenvalue weighted by molar-refractivity contribution is 6.01. The fourth-order valence-corrected chi connectivity index (χ4v) is 3.45. The third-order valence-corrected chi connectivity index (χ3v) is 4.95. The first kappa shape index (κ1) is 19.9. The van der Waals surface area contributed by atoms with Gasteiger partial charge in [-0.25, -0.2) is 0 Å². The Kier molecular flexibility index (Phi) is 6.66. The van der Waals surface area contributed by atoms with E-state index in [0.29, 0.717) is 24.3 Å². The Labute approximate surface area is 165 Å². The molecule has 1 fully saturated rings. The predicted octanol–water partition coefficient (Wildman–Crippen LogP) is 2.90. The molecular formula is C22H27N3O3. The van der Waals surface area contributed by atoms with Crippen molar-refractivity contribution in [3.8, 4) is 0 Å². The Morgan fingerprint density at radius 3 is 2.57 bits per heavy atom. The van der Waals surface area contributed by atoms with Gasteiger partial charge in [0.2, 0.25) is 5.91 Å². The van der Waals surface area contributed by atoms with E-state index in [4.69, 9.17) is 0 Å². The average molecular weight is 381 g/mol. The Morgan fingerprint density at radius 2 is 1.82 bits per heavy atom. The van der Waals surface area contributed by atoms with Gasteiger partial charge in [-0.3, -0.25) is 9.59 Å². The molecule has 0 bridgehead atoms. The van der Waals surface area contributed by atoms with E-state index in [0.717, 1.165) is 30.5 Å². The average Bonchev–Trinajstić information content (AvgIpc) is 2.72. The van der Waals surface area contributed by atoms with Crippen molar-refractivity contribution in [1.29, 1.82) is 0 Å². The van der Waals surface area contributed by atoms with Gasteiger partial charge in [-0.2, -0.15) is 0 Å². The highest BCUT2D eigenvalue weighted by Gasteiger charge is 2.24. The Hall–Kier alpha value is -2.86. The lowest BCUT2D eigenvalue weighted by atomic mass is 10.1. The number of aliphatic hydroxyl groups excluding tert-OH is 1. The zero-order valence-corrected chi connectivity index (χ0v) is 16.1. The van der Waals surface area contributed by atoms with E-state index in [9.17, 15) is 14.7 Å². The van der Waals surface area contributed by atoms with Crippen LogP contribution in [0.15, 0.2) is 48.5 Å². The molecule has 3 N–H and O–H groups in total. The second-order valence-electron chi connectivity index (χ2n) is 7.01. The number of para-hydroxylation sites is 2. The number of hydrogen-bond acceptors (Lipinski definition) is 4. The number of piperidine rings is 1. The van der Waals surface area contributed by atoms with Gasteiger partial charge in [-0.05, 0) is 43.0 Å². The first-order valence-electron chi connectivity index (χ1n) is 9.76. The maximum absolute atomic E-state index is 12.9. The van der Waals surface area contributed by atoms with Crippen LogP contribution in [-0.2, 0) is 11.2 Å². The summed E-state index contributed by atoms with van der Waals surface area (Å²) in [7, 11) is 0. The second-order valence-corrected chi connectivity index (χ2v) is 7.01. The molecule has 0 spiro atoms. The van der Waals surface area contributed by atoms with E-state index in [1.165, 1.54) is 0 Å². The Balaban J connectivity index is 1.65. The van der Waals surface area contributed by atoms with E-state index in [2.05, 4.69) is 10.6 Å². The van der Waals surface area contributed by atoms with Crippen LogP contribution in [0.5, 0.6) is 0 Å². The number of rotatable bonds is 6. The number of carbonyl (C=O) groups is 2. The first-order chi connectivity index (χ1) is 13.6. The number of hydrogen-bond donors (Lipinski definition) is 3. The maximum atomic E-state index is 12.9. The van der Waals surface area contributed by atoms with E-state index >= 15 is 0 Å². The number of β-amino-alcohol motifs (C(OH)–C–C–N with tert-alkyl or cyclic N) is 1. The second kappa shape index (κ2) is 9.37. The fraction of sp³-hybridized carbons (Fsp3) is 0.364. The normalized spacial score (nSPS) is 16.5. The van der Waals surface area contributed by atoms with Crippen molar-refractivity contribution < 1.29 is 14.7 Å². The van der Waals surface area contributed by atoms with Crippen LogP contribution in [-0.4, -0.2) is 47.6 Å². The lowest BCUT2D eigenvalue weighted by Crippen LogP contribution is -2.42. The maximum Gasteiger partial charge on any atom is 0.256 e. The van der Waals surface area contributed by atoms with Gasteiger partial charge in [-0.15, -0.1) is 0 Å². The zero-order chi connectivity index (χ0) is 19.9. The summed E-state index contributed by atoms with van der Waals surface area (Å²) >= 11 is 0. The highest BCUT2D eigenvalue weighted by atomic mass is 16.3. The minimum Gasteiger partial charge on any atom is -0.391 e. The molecule has 2 amide bonds. The van der Waals surface area contributed by atoms with Gasteiger partial charge < -0.3 is 20.6 Å². The topological polar surface area (TPSA) is 81.7 Å². The minimum absolute atomic E-state index is 0.0605. The van der Waals surface area contributed by atoms with Gasteiger partial charge >= 0.3 is 0 Å². The third-order valence-electron chi connectivity index (χ3n) is 4.95. The number of likely N-dealkylation sites (tertiary alicyclic amines) is 1. The molecule has 6 nitrogen and oxygen atoms in total. The van der Waals surface area contributed by atoms with Crippen LogP contribution in [0, 0.1) is 0 Å². The van der Waals surface area contributed by atoms with Crippen molar-refractivity contribution >= 4 is 23.2 Å². The lowest BCUT2D eigenvalue weighted by Gasteiger charge is -2.30. The van der Waals surface area contributed by atoms with Gasteiger partial charge in [-0.1, -0.05) is 37.3 Å². The summed E-state index contributed by atoms with van der Waals surface area (Å²) in [6.07, 6.45) is 1.88. The monoisotopic (exact) mass is 381 g/mol. The molecule has 1 atom stereocenters. The minimum atomic E-state index is -0.470. The van der Waals surface area contributed by atoms with Crippen LogP contribution in [0.2, 0.25) is 0 Å². The Bertz CT molecular complexity index is 837. The SMILES string of the molecule is CCc1ccccc1NC(=O)CNc1ccccc1C(=O)N1CCCC(O)C1. The predicted molar refractivity (Wildman–Crippen MR) is 111 cm³/mol. The van der Waals surface area contributed by atoms with Crippen LogP contribution in [0.25, 0.3) is 0 Å². The number of carbonyl (C=O) groups excluding carboxylic acids is 2. The summed E-state index contributed by atoms with van der Waals surface area (Å²) in [4.78, 5) is 26.9. The number of aryl methyl sites for hydroxylation is 1. The summed E-state index contributed by atoms with van der Waals surface area (Å²) in [6.45, 7) is 3.09. The van der Waals surface area contributed by atoms with E-state index < -0.39 is 6.10 Å². The molecule has 0 aliphatic carbocycles. The molecule has 2 aromatic carbocycles. The lowest BCUT2D eigenvalue weighted by molar-refractivity contribution is -0.114. The van der Waals surface area contributed by atoms with Crippen molar-refractivity contribution in [3.05, 3.63) is 59.7 Å². The largest absolute Gasteiger partial charge is 0.391 e. The van der Waals surface area contributed by atoms with E-state index in [1.54, 1.807) is 23.1 Å². The van der Waals surface area contributed by atoms with E-state index in [1.807, 2.05) is 37.3 Å². The Morgan fingerprint density at radius 1 is 1.11 bits per heavy atom. The molecule has 6 heteroatoms. The van der Waals surface area contributed by atoms with Crippen LogP contribution >= 0.6 is 0 Å². The number of benzene rings is 2. The molecule has 0 aromatic heterocycles. The van der Waals surface area contributed by atoms with E-state index in [-0.39, 0.29) is 18.4 Å². The summed E-state index contributed by atoms with van der Waals surface area (Å²) in [6, 6.07) is 14.9. The molecule has 0 saturated carbocycles. The van der Waals surface area contributed by atoms with Crippen molar-refractivity contribution in [1.82, 2.24) is 4.90 Å². The quantitative estimate of drug-likeness (QED) is 0.719. The van der Waals surface area contributed by atoms with Crippen molar-refractivity contribution in [3.63, 3.8) is 0 Å². The van der Waals surface area contributed by atoms with Gasteiger partial charge in [0, 0.05) is 24.5 Å².